The zero-order valence-corrected chi connectivity index (χ0v) is 34.7. The number of para-hydroxylation sites is 2. The molecule has 0 saturated heterocycles. The van der Waals surface area contributed by atoms with E-state index in [0.29, 0.717) is 0 Å². The van der Waals surface area contributed by atoms with Crippen molar-refractivity contribution in [1.29, 1.82) is 0 Å². The fraction of sp³-hybridized carbons (Fsp3) is 0.222. The Labute approximate surface area is 362 Å². The van der Waals surface area contributed by atoms with Crippen LogP contribution >= 0.6 is 0 Å². The van der Waals surface area contributed by atoms with Crippen molar-refractivity contribution in [1.82, 2.24) is 0 Å². The van der Waals surface area contributed by atoms with E-state index in [2.05, 4.69) is 130 Å². The fourth-order valence-corrected chi connectivity index (χ4v) is 13.0. The van der Waals surface area contributed by atoms with Crippen LogP contribution in [0.5, 0.6) is 34.5 Å². The minimum absolute atomic E-state index is 0.00273. The molecule has 15 rings (SSSR count). The molecule has 0 aliphatic carbocycles. The van der Waals surface area contributed by atoms with E-state index in [1.807, 2.05) is 0 Å². The molecular formula is C54H43B2N3O3. The predicted molar refractivity (Wildman–Crippen MR) is 253 cm³/mol. The normalized spacial score (nSPS) is 17.5. The Morgan fingerprint density at radius 2 is 0.935 bits per heavy atom. The fourth-order valence-electron chi connectivity index (χ4n) is 13.0. The summed E-state index contributed by atoms with van der Waals surface area (Å²) in [6.07, 6.45) is 8.71. The average Bonchev–Trinajstić information content (AvgIpc) is 3.33. The summed E-state index contributed by atoms with van der Waals surface area (Å²) in [5.74, 6) is 5.88. The van der Waals surface area contributed by atoms with Gasteiger partial charge in [0.2, 0.25) is 0 Å². The molecular weight excluding hydrogens is 760 g/mol. The number of hydrogen-bond acceptors (Lipinski definition) is 6. The summed E-state index contributed by atoms with van der Waals surface area (Å²) in [5, 5.41) is 0. The highest BCUT2D eigenvalue weighted by molar-refractivity contribution is 7.01. The van der Waals surface area contributed by atoms with Gasteiger partial charge >= 0.3 is 0 Å². The Hall–Kier alpha value is -6.53. The molecule has 298 valence electrons. The second-order valence-electron chi connectivity index (χ2n) is 18.6. The van der Waals surface area contributed by atoms with Crippen molar-refractivity contribution in [3.8, 4) is 45.6 Å². The van der Waals surface area contributed by atoms with E-state index in [1.54, 1.807) is 0 Å². The first-order valence-corrected chi connectivity index (χ1v) is 23.0. The summed E-state index contributed by atoms with van der Waals surface area (Å²) in [6, 6.07) is 42.6. The third-order valence-corrected chi connectivity index (χ3v) is 15.4. The Morgan fingerprint density at radius 3 is 1.60 bits per heavy atom. The largest absolute Gasteiger partial charge is 0.458 e. The van der Waals surface area contributed by atoms with E-state index in [9.17, 15) is 0 Å². The van der Waals surface area contributed by atoms with Gasteiger partial charge in [0.25, 0.3) is 13.4 Å². The quantitative estimate of drug-likeness (QED) is 0.166. The van der Waals surface area contributed by atoms with Crippen molar-refractivity contribution < 1.29 is 14.2 Å². The van der Waals surface area contributed by atoms with E-state index >= 15 is 0 Å². The molecule has 0 N–H and O–H groups in total. The lowest BCUT2D eigenvalue weighted by Gasteiger charge is -2.47. The summed E-state index contributed by atoms with van der Waals surface area (Å²) < 4.78 is 22.1. The molecule has 0 saturated carbocycles. The Balaban J connectivity index is 0.999. The smallest absolute Gasteiger partial charge is 0.260 e. The highest BCUT2D eigenvalue weighted by Crippen LogP contribution is 2.53. The maximum Gasteiger partial charge on any atom is 0.260 e. The van der Waals surface area contributed by atoms with E-state index in [4.69, 9.17) is 14.2 Å². The lowest BCUT2D eigenvalue weighted by molar-refractivity contribution is 0.443. The molecule has 0 unspecified atom stereocenters. The standard InChI is InChI=1S/C54H43B2N3O3/c1-3-13-32(14-4-1)33-23-24-40-44(29-33)60-53-37-19-11-27-58-28-12-20-38(50(37)58)54-48(53)56(40)42-30-41-45(31-46(42)62-54)61-52-36-18-10-26-57-25-9-17-35(49(36)57)51-47(52)55(41)39-21-7-8-22-43(39)59(51)34-15-5-2-6-16-34/h1-8,13-16,21-24,29-31H,9-12,17-20,25-28H2. The van der Waals surface area contributed by atoms with Crippen LogP contribution in [0.3, 0.4) is 0 Å². The van der Waals surface area contributed by atoms with Crippen molar-refractivity contribution in [3.05, 3.63) is 138 Å². The van der Waals surface area contributed by atoms with Gasteiger partial charge in [-0.1, -0.05) is 84.9 Å². The number of fused-ring (bicyclic) bond motifs is 12. The van der Waals surface area contributed by atoms with Gasteiger partial charge in [-0.05, 0) is 120 Å². The molecule has 0 radical (unpaired) electrons. The molecule has 0 atom stereocenters. The van der Waals surface area contributed by atoms with Gasteiger partial charge in [-0.2, -0.15) is 0 Å². The number of hydrogen-bond donors (Lipinski definition) is 0. The van der Waals surface area contributed by atoms with E-state index in [0.717, 1.165) is 112 Å². The van der Waals surface area contributed by atoms with E-state index in [1.165, 1.54) is 94.6 Å². The minimum atomic E-state index is -0.0414. The highest BCUT2D eigenvalue weighted by atomic mass is 16.5. The van der Waals surface area contributed by atoms with Crippen LogP contribution in [-0.4, -0.2) is 39.6 Å². The molecule has 0 fully saturated rings. The van der Waals surface area contributed by atoms with Crippen LogP contribution in [0.4, 0.5) is 28.4 Å². The number of benzene rings is 7. The van der Waals surface area contributed by atoms with Crippen LogP contribution in [0.25, 0.3) is 11.1 Å². The second-order valence-corrected chi connectivity index (χ2v) is 18.6. The SMILES string of the molecule is c1ccc(-c2ccc3c(c2)Oc2c4c5c(c6c2B3c2cc3c(cc2O6)Oc2c6c7c(c8c2B3c2ccccc2N8c2ccccc2)CCCN7CCC6)CCCN5CCC4)cc1. The lowest BCUT2D eigenvalue weighted by atomic mass is 9.31. The van der Waals surface area contributed by atoms with Crippen molar-refractivity contribution >= 4 is 74.6 Å². The zero-order valence-electron chi connectivity index (χ0n) is 34.7. The number of nitrogens with zero attached hydrogens (tertiary/aromatic N) is 3. The molecule has 8 heteroatoms. The maximum atomic E-state index is 7.50. The second kappa shape index (κ2) is 12.5. The molecule has 0 spiro atoms. The van der Waals surface area contributed by atoms with Crippen LogP contribution in [0.1, 0.15) is 47.9 Å². The molecule has 0 aromatic heterocycles. The lowest BCUT2D eigenvalue weighted by Crippen LogP contribution is -2.63. The van der Waals surface area contributed by atoms with Gasteiger partial charge in [0.15, 0.2) is 0 Å². The maximum absolute atomic E-state index is 7.50. The van der Waals surface area contributed by atoms with Crippen molar-refractivity contribution in [2.75, 3.05) is 40.9 Å². The van der Waals surface area contributed by atoms with Gasteiger partial charge in [0.05, 0.1) is 11.4 Å². The van der Waals surface area contributed by atoms with Gasteiger partial charge < -0.3 is 28.9 Å². The third-order valence-electron chi connectivity index (χ3n) is 15.4. The molecule has 7 aromatic carbocycles. The first kappa shape index (κ1) is 34.1. The summed E-state index contributed by atoms with van der Waals surface area (Å²) in [5.41, 5.74) is 22.0. The highest BCUT2D eigenvalue weighted by Gasteiger charge is 2.50. The summed E-state index contributed by atoms with van der Waals surface area (Å²) in [6.45, 7) is 4.34. The third kappa shape index (κ3) is 4.47. The van der Waals surface area contributed by atoms with Crippen LogP contribution in [0.2, 0.25) is 0 Å². The van der Waals surface area contributed by atoms with Crippen molar-refractivity contribution in [2.45, 2.75) is 51.4 Å². The van der Waals surface area contributed by atoms with Crippen LogP contribution in [-0.2, 0) is 25.7 Å². The van der Waals surface area contributed by atoms with Crippen LogP contribution < -0.4 is 61.7 Å². The molecule has 8 heterocycles. The zero-order chi connectivity index (χ0) is 40.2. The Bertz CT molecular complexity index is 3110. The molecule has 6 nitrogen and oxygen atoms in total. The minimum Gasteiger partial charge on any atom is -0.458 e. The molecule has 0 bridgehead atoms. The van der Waals surface area contributed by atoms with E-state index < -0.39 is 0 Å². The number of ether oxygens (including phenoxy) is 3. The van der Waals surface area contributed by atoms with Crippen molar-refractivity contribution in [3.63, 3.8) is 0 Å². The van der Waals surface area contributed by atoms with Crippen molar-refractivity contribution in [2.24, 2.45) is 0 Å². The van der Waals surface area contributed by atoms with Gasteiger partial charge in [-0.25, -0.2) is 0 Å². The predicted octanol–water partition coefficient (Wildman–Crippen LogP) is 7.88. The first-order valence-electron chi connectivity index (χ1n) is 23.0. The summed E-state index contributed by atoms with van der Waals surface area (Å²) >= 11 is 0. The molecule has 8 aliphatic heterocycles. The summed E-state index contributed by atoms with van der Waals surface area (Å²) in [7, 11) is 0. The van der Waals surface area contributed by atoms with Crippen LogP contribution in [0.15, 0.2) is 115 Å². The molecule has 0 amide bonds. The van der Waals surface area contributed by atoms with Gasteiger partial charge in [-0.3, -0.25) is 0 Å². The topological polar surface area (TPSA) is 37.4 Å². The summed E-state index contributed by atoms with van der Waals surface area (Å²) in [4.78, 5) is 7.84. The van der Waals surface area contributed by atoms with Gasteiger partial charge in [-0.15, -0.1) is 0 Å². The first-order chi connectivity index (χ1) is 30.8. The Kier molecular flexibility index (Phi) is 6.89. The number of anilines is 5. The molecule has 62 heavy (non-hydrogen) atoms. The van der Waals surface area contributed by atoms with Gasteiger partial charge in [0, 0.05) is 71.5 Å². The Morgan fingerprint density at radius 1 is 0.403 bits per heavy atom. The van der Waals surface area contributed by atoms with Gasteiger partial charge in [0.1, 0.15) is 34.5 Å². The van der Waals surface area contributed by atoms with E-state index in [-0.39, 0.29) is 13.4 Å². The number of rotatable bonds is 2. The average molecular weight is 804 g/mol. The molecule has 7 aromatic rings. The monoisotopic (exact) mass is 803 g/mol. The molecule has 8 aliphatic rings. The van der Waals surface area contributed by atoms with Crippen LogP contribution in [0, 0.1) is 0 Å².